The molecule has 5 heteroatoms. The summed E-state index contributed by atoms with van der Waals surface area (Å²) < 4.78 is 0.723. The molecule has 84 valence electrons. The quantitative estimate of drug-likeness (QED) is 0.737. The summed E-state index contributed by atoms with van der Waals surface area (Å²) in [5.74, 6) is 0. The molecule has 0 bridgehead atoms. The van der Waals surface area contributed by atoms with Gasteiger partial charge in [0, 0.05) is 17.1 Å². The number of fused-ring (bicyclic) bond motifs is 1. The standard InChI is InChI=1S/C12H7BrClN3/c13-11-6-16-10(5-17-11)7-1-2-9(14)12-8(7)3-4-15-12/h1-6,15H. The molecule has 0 amide bonds. The Hall–Kier alpha value is -1.39. The number of aromatic amines is 1. The van der Waals surface area contributed by atoms with Crippen molar-refractivity contribution in [3.8, 4) is 11.3 Å². The molecular weight excluding hydrogens is 302 g/mol. The third-order valence-corrected chi connectivity index (χ3v) is 3.29. The molecule has 2 heterocycles. The second kappa shape index (κ2) is 4.13. The first-order valence-electron chi connectivity index (χ1n) is 4.99. The van der Waals surface area contributed by atoms with E-state index in [-0.39, 0.29) is 0 Å². The van der Waals surface area contributed by atoms with E-state index in [1.807, 2.05) is 24.4 Å². The van der Waals surface area contributed by atoms with Gasteiger partial charge in [-0.05, 0) is 28.1 Å². The number of benzene rings is 1. The maximum absolute atomic E-state index is 6.11. The van der Waals surface area contributed by atoms with Gasteiger partial charge in [0.05, 0.1) is 28.6 Å². The number of hydrogen-bond donors (Lipinski definition) is 1. The van der Waals surface area contributed by atoms with Gasteiger partial charge in [0.15, 0.2) is 0 Å². The topological polar surface area (TPSA) is 41.6 Å². The lowest BCUT2D eigenvalue weighted by atomic mass is 10.1. The SMILES string of the molecule is Clc1ccc(-c2cnc(Br)cn2)c2cc[nH]c12. The molecule has 1 aromatic carbocycles. The van der Waals surface area contributed by atoms with Gasteiger partial charge in [-0.3, -0.25) is 4.98 Å². The van der Waals surface area contributed by atoms with Crippen molar-refractivity contribution in [1.82, 2.24) is 15.0 Å². The molecule has 0 fully saturated rings. The van der Waals surface area contributed by atoms with Crippen LogP contribution in [0.25, 0.3) is 22.2 Å². The van der Waals surface area contributed by atoms with E-state index in [0.717, 1.165) is 26.8 Å². The Morgan fingerprint density at radius 1 is 1.12 bits per heavy atom. The molecule has 0 aliphatic carbocycles. The molecule has 0 unspecified atom stereocenters. The molecule has 17 heavy (non-hydrogen) atoms. The van der Waals surface area contributed by atoms with Crippen molar-refractivity contribution in [1.29, 1.82) is 0 Å². The Kier molecular flexibility index (Phi) is 2.61. The van der Waals surface area contributed by atoms with Gasteiger partial charge in [0.2, 0.25) is 0 Å². The molecule has 0 radical (unpaired) electrons. The maximum Gasteiger partial charge on any atom is 0.124 e. The fraction of sp³-hybridized carbons (Fsp3) is 0. The Bertz CT molecular complexity index is 676. The summed E-state index contributed by atoms with van der Waals surface area (Å²) in [6.07, 6.45) is 5.29. The van der Waals surface area contributed by atoms with Crippen LogP contribution in [0.4, 0.5) is 0 Å². The second-order valence-electron chi connectivity index (χ2n) is 3.59. The van der Waals surface area contributed by atoms with Gasteiger partial charge >= 0.3 is 0 Å². The Morgan fingerprint density at radius 2 is 2.00 bits per heavy atom. The average molecular weight is 309 g/mol. The molecule has 2 aromatic heterocycles. The highest BCUT2D eigenvalue weighted by Crippen LogP contribution is 2.31. The first-order chi connectivity index (χ1) is 8.25. The van der Waals surface area contributed by atoms with Crippen LogP contribution in [-0.2, 0) is 0 Å². The van der Waals surface area contributed by atoms with E-state index in [2.05, 4.69) is 30.9 Å². The summed E-state index contributed by atoms with van der Waals surface area (Å²) in [5.41, 5.74) is 2.77. The summed E-state index contributed by atoms with van der Waals surface area (Å²) in [4.78, 5) is 11.6. The van der Waals surface area contributed by atoms with E-state index in [1.54, 1.807) is 12.4 Å². The van der Waals surface area contributed by atoms with Crippen LogP contribution >= 0.6 is 27.5 Å². The van der Waals surface area contributed by atoms with Gasteiger partial charge in [0.25, 0.3) is 0 Å². The van der Waals surface area contributed by atoms with Gasteiger partial charge in [0.1, 0.15) is 4.60 Å². The van der Waals surface area contributed by atoms with Crippen LogP contribution in [0.3, 0.4) is 0 Å². The minimum Gasteiger partial charge on any atom is -0.360 e. The molecule has 3 rings (SSSR count). The van der Waals surface area contributed by atoms with Crippen LogP contribution in [0.5, 0.6) is 0 Å². The molecule has 3 nitrogen and oxygen atoms in total. The van der Waals surface area contributed by atoms with Crippen molar-refractivity contribution in [2.45, 2.75) is 0 Å². The maximum atomic E-state index is 6.11. The van der Waals surface area contributed by atoms with Crippen molar-refractivity contribution >= 4 is 38.4 Å². The van der Waals surface area contributed by atoms with Gasteiger partial charge in [-0.25, -0.2) is 4.98 Å². The summed E-state index contributed by atoms with van der Waals surface area (Å²) in [6, 6.07) is 5.80. The normalized spacial score (nSPS) is 10.9. The van der Waals surface area contributed by atoms with Gasteiger partial charge in [-0.2, -0.15) is 0 Å². The van der Waals surface area contributed by atoms with E-state index in [4.69, 9.17) is 11.6 Å². The predicted molar refractivity (Wildman–Crippen MR) is 72.0 cm³/mol. The molecule has 0 atom stereocenters. The third-order valence-electron chi connectivity index (χ3n) is 2.57. The van der Waals surface area contributed by atoms with E-state index in [0.29, 0.717) is 5.02 Å². The first kappa shape index (κ1) is 10.7. The summed E-state index contributed by atoms with van der Waals surface area (Å²) in [5, 5.41) is 1.76. The van der Waals surface area contributed by atoms with Gasteiger partial charge < -0.3 is 4.98 Å². The van der Waals surface area contributed by atoms with Gasteiger partial charge in [-0.15, -0.1) is 0 Å². The lowest BCUT2D eigenvalue weighted by molar-refractivity contribution is 1.17. The van der Waals surface area contributed by atoms with Crippen LogP contribution in [-0.4, -0.2) is 15.0 Å². The lowest BCUT2D eigenvalue weighted by Gasteiger charge is -2.03. The predicted octanol–water partition coefficient (Wildman–Crippen LogP) is 4.04. The highest BCUT2D eigenvalue weighted by molar-refractivity contribution is 9.10. The summed E-state index contributed by atoms with van der Waals surface area (Å²) >= 11 is 9.38. The minimum atomic E-state index is 0.707. The zero-order valence-corrected chi connectivity index (χ0v) is 11.0. The van der Waals surface area contributed by atoms with E-state index in [1.165, 1.54) is 0 Å². The molecule has 0 aliphatic heterocycles. The van der Waals surface area contributed by atoms with Crippen molar-refractivity contribution < 1.29 is 0 Å². The number of H-pyrrole nitrogens is 1. The van der Waals surface area contributed by atoms with Crippen LogP contribution in [0.1, 0.15) is 0 Å². The lowest BCUT2D eigenvalue weighted by Crippen LogP contribution is -1.86. The van der Waals surface area contributed by atoms with E-state index >= 15 is 0 Å². The van der Waals surface area contributed by atoms with E-state index in [9.17, 15) is 0 Å². The number of rotatable bonds is 1. The number of halogens is 2. The smallest absolute Gasteiger partial charge is 0.124 e. The summed E-state index contributed by atoms with van der Waals surface area (Å²) in [6.45, 7) is 0. The van der Waals surface area contributed by atoms with Crippen molar-refractivity contribution in [3.63, 3.8) is 0 Å². The van der Waals surface area contributed by atoms with Crippen LogP contribution in [0, 0.1) is 0 Å². The molecular formula is C12H7BrClN3. The number of hydrogen-bond acceptors (Lipinski definition) is 2. The molecule has 0 spiro atoms. The molecule has 1 N–H and O–H groups in total. The Labute approximate surface area is 111 Å². The molecule has 0 saturated heterocycles. The monoisotopic (exact) mass is 307 g/mol. The zero-order chi connectivity index (χ0) is 11.8. The largest absolute Gasteiger partial charge is 0.360 e. The van der Waals surface area contributed by atoms with Crippen LogP contribution in [0.2, 0.25) is 5.02 Å². The zero-order valence-electron chi connectivity index (χ0n) is 8.61. The minimum absolute atomic E-state index is 0.707. The average Bonchev–Trinajstić information content (AvgIpc) is 2.81. The number of nitrogens with zero attached hydrogens (tertiary/aromatic N) is 2. The first-order valence-corrected chi connectivity index (χ1v) is 6.16. The fourth-order valence-corrected chi connectivity index (χ4v) is 2.22. The molecule has 0 saturated carbocycles. The fourth-order valence-electron chi connectivity index (χ4n) is 1.80. The molecule has 0 aliphatic rings. The highest BCUT2D eigenvalue weighted by atomic mass is 79.9. The van der Waals surface area contributed by atoms with Crippen LogP contribution in [0.15, 0.2) is 41.4 Å². The summed E-state index contributed by atoms with van der Waals surface area (Å²) in [7, 11) is 0. The van der Waals surface area contributed by atoms with Crippen LogP contribution < -0.4 is 0 Å². The number of aromatic nitrogens is 3. The van der Waals surface area contributed by atoms with Crippen molar-refractivity contribution in [2.75, 3.05) is 0 Å². The third kappa shape index (κ3) is 1.83. The highest BCUT2D eigenvalue weighted by Gasteiger charge is 2.08. The van der Waals surface area contributed by atoms with E-state index < -0.39 is 0 Å². The Morgan fingerprint density at radius 3 is 2.76 bits per heavy atom. The Balaban J connectivity index is 2.27. The molecule has 3 aromatic rings. The van der Waals surface area contributed by atoms with Crippen molar-refractivity contribution in [3.05, 3.63) is 46.4 Å². The number of nitrogens with one attached hydrogen (secondary N) is 1. The van der Waals surface area contributed by atoms with Crippen molar-refractivity contribution in [2.24, 2.45) is 0 Å². The second-order valence-corrected chi connectivity index (χ2v) is 4.81. The van der Waals surface area contributed by atoms with Gasteiger partial charge in [-0.1, -0.05) is 17.7 Å².